The molecule has 4 N–H and O–H groups in total. The molecule has 4 aliphatic rings. The van der Waals surface area contributed by atoms with Crippen molar-refractivity contribution in [3.05, 3.63) is 108 Å². The third-order valence-corrected chi connectivity index (χ3v) is 14.5. The summed E-state index contributed by atoms with van der Waals surface area (Å²) in [6.07, 6.45) is 2.15. The monoisotopic (exact) mass is 1480 g/mol. The first kappa shape index (κ1) is 89.4. The van der Waals surface area contributed by atoms with Crippen molar-refractivity contribution in [2.24, 2.45) is 0 Å². The third-order valence-electron chi connectivity index (χ3n) is 14.4. The zero-order valence-electron chi connectivity index (χ0n) is 58.0. The molecule has 4 saturated heterocycles. The number of carbonyl (C=O) groups is 8. The number of nitrogens with zero attached hydrogens (tertiary/aromatic N) is 4. The summed E-state index contributed by atoms with van der Waals surface area (Å²) < 4.78 is 47.2. The Balaban J connectivity index is 0. The summed E-state index contributed by atoms with van der Waals surface area (Å²) in [6.45, 7) is 23.5. The van der Waals surface area contributed by atoms with E-state index < -0.39 is 94.0 Å². The Kier molecular flexibility index (Phi) is 39.2. The Hall–Kier alpha value is -5.56. The molecule has 532 valence electrons. The molecular formula is C67H103ClIN4NaO21. The molecule has 4 fully saturated rings. The van der Waals surface area contributed by atoms with Crippen molar-refractivity contribution in [2.45, 2.75) is 199 Å². The number of esters is 2. The maximum atomic E-state index is 12.6. The first-order valence-electron chi connectivity index (χ1n) is 30.7. The fraction of sp³-hybridized carbons (Fsp3) is 0.612. The Bertz CT molecular complexity index is 2830. The van der Waals surface area contributed by atoms with Gasteiger partial charge in [-0.15, -0.1) is 24.0 Å². The molecule has 4 amide bonds. The molecule has 4 aliphatic heterocycles. The molecule has 0 spiro atoms. The number of methoxy groups -OCH3 is 2. The molecule has 0 bridgehead atoms. The topological polar surface area (TPSA) is 323 Å². The number of halogens is 2. The van der Waals surface area contributed by atoms with Crippen LogP contribution in [0.25, 0.3) is 0 Å². The van der Waals surface area contributed by atoms with Crippen LogP contribution in [0.15, 0.2) is 91.0 Å². The van der Waals surface area contributed by atoms with E-state index in [1.54, 1.807) is 83.1 Å². The van der Waals surface area contributed by atoms with Gasteiger partial charge in [0.15, 0.2) is 16.6 Å². The fourth-order valence-electron chi connectivity index (χ4n) is 10.1. The van der Waals surface area contributed by atoms with E-state index in [1.807, 2.05) is 91.0 Å². The van der Waals surface area contributed by atoms with Crippen molar-refractivity contribution >= 4 is 83.8 Å². The van der Waals surface area contributed by atoms with Crippen LogP contribution in [0, 0.1) is 0 Å². The van der Waals surface area contributed by atoms with Crippen molar-refractivity contribution in [3.63, 3.8) is 0 Å². The van der Waals surface area contributed by atoms with Crippen LogP contribution in [0.2, 0.25) is 0 Å². The molecule has 4 atom stereocenters. The van der Waals surface area contributed by atoms with Crippen LogP contribution in [0.4, 0.5) is 19.2 Å². The van der Waals surface area contributed by atoms with Crippen LogP contribution in [0.3, 0.4) is 0 Å². The number of alkyl halides is 1. The number of hydrogen-bond acceptors (Lipinski definition) is 19. The molecule has 3 aromatic carbocycles. The molecule has 0 radical (unpaired) electrons. The minimum absolute atomic E-state index is 0. The molecule has 7 rings (SSSR count). The Morgan fingerprint density at radius 3 is 1.16 bits per heavy atom. The quantitative estimate of drug-likeness (QED) is 0.0397. The van der Waals surface area contributed by atoms with E-state index in [2.05, 4.69) is 4.74 Å². The van der Waals surface area contributed by atoms with Crippen molar-refractivity contribution < 1.29 is 133 Å². The number of aliphatic hydroxyl groups excluding tert-OH is 1. The number of carbonyl (C=O) groups excluding carboxylic acids is 6. The van der Waals surface area contributed by atoms with E-state index in [9.17, 15) is 53.7 Å². The molecule has 0 saturated carbocycles. The van der Waals surface area contributed by atoms with Gasteiger partial charge < -0.3 is 63.4 Å². The summed E-state index contributed by atoms with van der Waals surface area (Å²) in [5.41, 5.74) is -3.43. The van der Waals surface area contributed by atoms with Crippen LogP contribution in [-0.2, 0) is 81.6 Å². The van der Waals surface area contributed by atoms with Gasteiger partial charge in [-0.2, -0.15) is 0 Å². The summed E-state index contributed by atoms with van der Waals surface area (Å²) in [6, 6.07) is 28.9. The number of carboxylic acids is 2. The summed E-state index contributed by atoms with van der Waals surface area (Å²) in [5.74, 6) is -3.09. The number of amides is 4. The van der Waals surface area contributed by atoms with Gasteiger partial charge in [-0.05, 0) is 151 Å². The van der Waals surface area contributed by atoms with E-state index in [1.165, 1.54) is 28.9 Å². The second kappa shape index (κ2) is 41.6. The molecule has 0 aromatic heterocycles. The largest absolute Gasteiger partial charge is 1.00 e. The Morgan fingerprint density at radius 2 is 0.821 bits per heavy atom. The number of aliphatic hydroxyl groups is 1. The van der Waals surface area contributed by atoms with Gasteiger partial charge in [-0.25, -0.2) is 38.4 Å². The van der Waals surface area contributed by atoms with Crippen molar-refractivity contribution in [1.29, 1.82) is 0 Å². The maximum Gasteiger partial charge on any atom is 1.00 e. The van der Waals surface area contributed by atoms with Crippen LogP contribution in [0.5, 0.6) is 0 Å². The van der Waals surface area contributed by atoms with Gasteiger partial charge in [-0.1, -0.05) is 103 Å². The molecule has 28 heteroatoms. The zero-order valence-corrected chi connectivity index (χ0v) is 63.1. The summed E-state index contributed by atoms with van der Waals surface area (Å²) in [7, 11) is 2.65. The van der Waals surface area contributed by atoms with Crippen molar-refractivity contribution in [3.8, 4) is 0 Å². The minimum atomic E-state index is -1.53. The van der Waals surface area contributed by atoms with E-state index in [0.29, 0.717) is 84.5 Å². The van der Waals surface area contributed by atoms with E-state index in [4.69, 9.17) is 49.5 Å². The number of hydrogen-bond donors (Lipinski definition) is 3. The maximum absolute atomic E-state index is 12.6. The number of aliphatic carboxylic acids is 2. The van der Waals surface area contributed by atoms with E-state index in [0.717, 1.165) is 28.0 Å². The minimum Gasteiger partial charge on any atom is -0.870 e. The summed E-state index contributed by atoms with van der Waals surface area (Å²) >= 11 is 5.33. The second-order valence-corrected chi connectivity index (χ2v) is 26.5. The number of benzene rings is 3. The van der Waals surface area contributed by atoms with Gasteiger partial charge in [-0.3, -0.25) is 19.6 Å². The molecule has 25 nitrogen and oxygen atoms in total. The molecule has 0 aliphatic carbocycles. The molecule has 95 heavy (non-hydrogen) atoms. The van der Waals surface area contributed by atoms with Gasteiger partial charge in [0.2, 0.25) is 0 Å². The fourth-order valence-corrected chi connectivity index (χ4v) is 10.2. The van der Waals surface area contributed by atoms with Gasteiger partial charge in [0.1, 0.15) is 34.5 Å². The van der Waals surface area contributed by atoms with E-state index in [-0.39, 0.29) is 92.1 Å². The molecule has 3 unspecified atom stereocenters. The number of rotatable bonds is 16. The van der Waals surface area contributed by atoms with Gasteiger partial charge in [0, 0.05) is 27.6 Å². The second-order valence-electron chi connectivity index (χ2n) is 26.3. The summed E-state index contributed by atoms with van der Waals surface area (Å²) in [4.78, 5) is 101. The van der Waals surface area contributed by atoms with Crippen LogP contribution >= 0.6 is 35.6 Å². The standard InChI is InChI=1S/C19H27NO5.C18H25NO5.C11H19NO5.C11H19NO4.C8H9ClO.HI.Na.H2O.H2/c1-18(2,3)25-17(22)20-12-8-11-19(20,16(21)23-4)14-24-13-15-9-6-5-7-10-15;1-17(2,3)24-16(22)19-11-7-10-18(19,15(20)21)13-23-12-14-8-5-4-6-9-14;1-10(2,3)17-9(16)12-6-4-5-11(12,7-13)8(14)15;1-11(2,3)16-10(14)12-7-5-6-8(12)9(13)15-4;9-7-10-6-8-4-2-1-3-5-8;;;;/h5-7,9-10H,8,11-14H2,1-4H3;4-6,8-9H,7,10-13H2,1-3H3,(H,20,21);13H,4-7H2,1-3H3,(H,14,15);8H,5-7H2,1-4H3;1-5H,6-7H2;1H;;1H2;1H/q;;;;;;+1;;/p-1/t;;;8-;;;;;/m...0...../s1. The first-order valence-corrected chi connectivity index (χ1v) is 31.2. The third kappa shape index (κ3) is 29.2. The normalized spacial score (nSPS) is 19.6. The van der Waals surface area contributed by atoms with Crippen LogP contribution in [0.1, 0.15) is 153 Å². The van der Waals surface area contributed by atoms with Crippen LogP contribution in [-0.4, -0.2) is 200 Å². The smallest absolute Gasteiger partial charge is 0.870 e. The average molecular weight is 1490 g/mol. The average Bonchev–Trinajstić information content (AvgIpc) is 1.63. The number of likely N-dealkylation sites (tertiary alicyclic amines) is 4. The van der Waals surface area contributed by atoms with Crippen molar-refractivity contribution in [2.75, 3.05) is 66.3 Å². The van der Waals surface area contributed by atoms with Gasteiger partial charge in [0.05, 0.1) is 53.9 Å². The molecule has 4 heterocycles. The Labute approximate surface area is 605 Å². The number of ether oxygens (including phenoxy) is 9. The number of carboxylic acid groups (broad SMARTS) is 2. The van der Waals surface area contributed by atoms with Gasteiger partial charge >= 0.3 is 77.8 Å². The predicted molar refractivity (Wildman–Crippen MR) is 361 cm³/mol. The molecule has 3 aromatic rings. The van der Waals surface area contributed by atoms with Crippen LogP contribution < -0.4 is 29.6 Å². The van der Waals surface area contributed by atoms with Gasteiger partial charge in [0.25, 0.3) is 0 Å². The predicted octanol–water partition coefficient (Wildman–Crippen LogP) is 8.69. The SMILES string of the molecule is CC(C)(C)OC(=O)N1CCCC1(CO)C(=O)O.CC(C)(C)OC(=O)N1CCCC1(COCc1ccccc1)C(=O)O.COC(=O)C1(COCc2ccccc2)CCCN1C(=O)OC(C)(C)C.COC(=O)[C@@H]1CCCN1C(=O)OC(C)(C)C.ClCOCc1ccccc1.I.[HH].[Na+].[OH-]. The summed E-state index contributed by atoms with van der Waals surface area (Å²) in [5, 5.41) is 28.2. The first-order chi connectivity index (χ1) is 43.0. The molecular weight excluding hydrogens is 1380 g/mol. The van der Waals surface area contributed by atoms with E-state index >= 15 is 0 Å². The van der Waals surface area contributed by atoms with Crippen molar-refractivity contribution in [1.82, 2.24) is 19.6 Å². The Morgan fingerprint density at radius 1 is 0.495 bits per heavy atom. The zero-order chi connectivity index (χ0) is 69.1.